The molecule has 1 aliphatic rings. The van der Waals surface area contributed by atoms with Crippen LogP contribution in [0.3, 0.4) is 0 Å². The largest absolute Gasteiger partial charge is 0.390 e. The van der Waals surface area contributed by atoms with Gasteiger partial charge in [-0.3, -0.25) is 0 Å². The Morgan fingerprint density at radius 2 is 2.08 bits per heavy atom. The third-order valence-corrected chi connectivity index (χ3v) is 3.57. The Morgan fingerprint density at radius 1 is 1.46 bits per heavy atom. The van der Waals surface area contributed by atoms with Crippen molar-refractivity contribution in [1.82, 2.24) is 5.32 Å². The van der Waals surface area contributed by atoms with Crippen LogP contribution in [0.1, 0.15) is 0 Å². The third-order valence-electron chi connectivity index (χ3n) is 1.86. The molecule has 0 aromatic carbocycles. The maximum absolute atomic E-state index is 11.7. The van der Waals surface area contributed by atoms with Crippen molar-refractivity contribution in [3.8, 4) is 0 Å². The van der Waals surface area contributed by atoms with Crippen molar-refractivity contribution in [3.05, 3.63) is 0 Å². The van der Waals surface area contributed by atoms with E-state index in [-0.39, 0.29) is 11.5 Å². The van der Waals surface area contributed by atoms with Crippen LogP contribution >= 0.6 is 0 Å². The maximum Gasteiger partial charge on any atom is 0.250 e. The molecule has 0 aromatic rings. The summed E-state index contributed by atoms with van der Waals surface area (Å²) in [6, 6.07) is -0.751. The number of halogens is 2. The van der Waals surface area contributed by atoms with Gasteiger partial charge < -0.3 is 10.4 Å². The third kappa shape index (κ3) is 3.17. The van der Waals surface area contributed by atoms with Crippen molar-refractivity contribution < 1.29 is 22.3 Å². The maximum atomic E-state index is 11.7. The minimum absolute atomic E-state index is 0.263. The van der Waals surface area contributed by atoms with Crippen LogP contribution in [0.4, 0.5) is 8.78 Å². The predicted molar refractivity (Wildman–Crippen MR) is 42.5 cm³/mol. The molecular formula is C6H11F2NO3S. The fourth-order valence-corrected chi connectivity index (χ4v) is 3.04. The monoisotopic (exact) mass is 215 g/mol. The molecule has 0 spiro atoms. The highest BCUT2D eigenvalue weighted by atomic mass is 32.2. The van der Waals surface area contributed by atoms with Gasteiger partial charge >= 0.3 is 0 Å². The summed E-state index contributed by atoms with van der Waals surface area (Å²) >= 11 is 0. The Balaban J connectivity index is 2.44. The Labute approximate surface area is 74.9 Å². The molecule has 78 valence electrons. The first-order valence-corrected chi connectivity index (χ1v) is 5.63. The van der Waals surface area contributed by atoms with Crippen molar-refractivity contribution in [2.24, 2.45) is 0 Å². The Kier molecular flexibility index (Phi) is 3.20. The smallest absolute Gasteiger partial charge is 0.250 e. The lowest BCUT2D eigenvalue weighted by Crippen LogP contribution is -2.41. The number of hydrogen-bond donors (Lipinski definition) is 2. The molecule has 4 nitrogen and oxygen atoms in total. The zero-order valence-electron chi connectivity index (χ0n) is 6.78. The molecule has 0 aliphatic carbocycles. The minimum atomic E-state index is -3.25. The van der Waals surface area contributed by atoms with Gasteiger partial charge in [0.15, 0.2) is 9.84 Å². The lowest BCUT2D eigenvalue weighted by Gasteiger charge is -2.13. The van der Waals surface area contributed by atoms with Gasteiger partial charge in [-0.2, -0.15) is 0 Å². The summed E-state index contributed by atoms with van der Waals surface area (Å²) in [7, 11) is -3.25. The number of aliphatic hydroxyl groups excluding tert-OH is 1. The number of hydrogen-bond acceptors (Lipinski definition) is 4. The van der Waals surface area contributed by atoms with E-state index in [9.17, 15) is 17.2 Å². The first kappa shape index (κ1) is 10.8. The molecule has 1 aliphatic heterocycles. The quantitative estimate of drug-likeness (QED) is 0.633. The average Bonchev–Trinajstić information content (AvgIpc) is 2.20. The summed E-state index contributed by atoms with van der Waals surface area (Å²) in [5, 5.41) is 11.5. The standard InChI is InChI=1S/C6H11F2NO3S/c7-6(8)1-9-4-2-13(11,12)3-5(4)10/h4-6,9-10H,1-3H2. The van der Waals surface area contributed by atoms with Gasteiger partial charge in [0.25, 0.3) is 6.43 Å². The van der Waals surface area contributed by atoms with Crippen LogP contribution < -0.4 is 5.32 Å². The molecule has 1 rings (SSSR count). The van der Waals surface area contributed by atoms with Crippen LogP contribution in [0.5, 0.6) is 0 Å². The summed E-state index contributed by atoms with van der Waals surface area (Å²) in [6.07, 6.45) is -3.60. The predicted octanol–water partition coefficient (Wildman–Crippen LogP) is -1.00. The topological polar surface area (TPSA) is 66.4 Å². The molecule has 0 aromatic heterocycles. The molecule has 0 saturated carbocycles. The van der Waals surface area contributed by atoms with E-state index in [2.05, 4.69) is 5.32 Å². The van der Waals surface area contributed by atoms with Crippen LogP contribution in [-0.4, -0.2) is 50.1 Å². The fraction of sp³-hybridized carbons (Fsp3) is 1.00. The fourth-order valence-electron chi connectivity index (χ4n) is 1.26. The van der Waals surface area contributed by atoms with Gasteiger partial charge in [0.05, 0.1) is 24.2 Å². The Morgan fingerprint density at radius 3 is 2.46 bits per heavy atom. The van der Waals surface area contributed by atoms with Gasteiger partial charge in [-0.15, -0.1) is 0 Å². The highest BCUT2D eigenvalue weighted by molar-refractivity contribution is 7.91. The molecule has 1 heterocycles. The summed E-state index contributed by atoms with van der Waals surface area (Å²) in [5.74, 6) is -0.602. The summed E-state index contributed by atoms with van der Waals surface area (Å²) in [5.41, 5.74) is 0. The molecule has 13 heavy (non-hydrogen) atoms. The van der Waals surface area contributed by atoms with Gasteiger partial charge in [0.2, 0.25) is 0 Å². The van der Waals surface area contributed by atoms with E-state index < -0.39 is 35.0 Å². The van der Waals surface area contributed by atoms with E-state index in [0.717, 1.165) is 0 Å². The first-order valence-electron chi connectivity index (χ1n) is 3.81. The van der Waals surface area contributed by atoms with Gasteiger partial charge in [0, 0.05) is 6.04 Å². The summed E-state index contributed by atoms with van der Waals surface area (Å²) in [4.78, 5) is 0. The first-order chi connectivity index (χ1) is 5.91. The minimum Gasteiger partial charge on any atom is -0.390 e. The van der Waals surface area contributed by atoms with Crippen LogP contribution in [0.15, 0.2) is 0 Å². The van der Waals surface area contributed by atoms with E-state index in [1.807, 2.05) is 0 Å². The zero-order chi connectivity index (χ0) is 10.1. The molecule has 0 radical (unpaired) electrons. The molecular weight excluding hydrogens is 204 g/mol. The van der Waals surface area contributed by atoms with E-state index in [4.69, 9.17) is 5.11 Å². The molecule has 2 atom stereocenters. The zero-order valence-corrected chi connectivity index (χ0v) is 7.60. The van der Waals surface area contributed by atoms with Crippen LogP contribution in [0.25, 0.3) is 0 Å². The normalized spacial score (nSPS) is 32.6. The molecule has 0 bridgehead atoms. The van der Waals surface area contributed by atoms with Gasteiger partial charge in [-0.1, -0.05) is 0 Å². The van der Waals surface area contributed by atoms with Crippen LogP contribution in [-0.2, 0) is 9.84 Å². The summed E-state index contributed by atoms with van der Waals surface area (Å²) < 4.78 is 45.2. The SMILES string of the molecule is O=S1(=O)CC(O)C(NCC(F)F)C1. The lowest BCUT2D eigenvalue weighted by molar-refractivity contribution is 0.120. The van der Waals surface area contributed by atoms with Crippen LogP contribution in [0, 0.1) is 0 Å². The number of nitrogens with one attached hydrogen (secondary N) is 1. The molecule has 1 fully saturated rings. The van der Waals surface area contributed by atoms with Crippen molar-refractivity contribution in [2.45, 2.75) is 18.6 Å². The van der Waals surface area contributed by atoms with Crippen molar-refractivity contribution >= 4 is 9.84 Å². The molecule has 2 N–H and O–H groups in total. The van der Waals surface area contributed by atoms with Crippen LogP contribution in [0.2, 0.25) is 0 Å². The molecule has 0 amide bonds. The second-order valence-corrected chi connectivity index (χ2v) is 5.20. The van der Waals surface area contributed by atoms with E-state index in [1.54, 1.807) is 0 Å². The van der Waals surface area contributed by atoms with Gasteiger partial charge in [-0.05, 0) is 0 Å². The van der Waals surface area contributed by atoms with E-state index >= 15 is 0 Å². The van der Waals surface area contributed by atoms with Gasteiger partial charge in [-0.25, -0.2) is 17.2 Å². The van der Waals surface area contributed by atoms with Crippen molar-refractivity contribution in [3.63, 3.8) is 0 Å². The number of aliphatic hydroxyl groups is 1. The second-order valence-electron chi connectivity index (χ2n) is 3.05. The van der Waals surface area contributed by atoms with Crippen molar-refractivity contribution in [1.29, 1.82) is 0 Å². The second kappa shape index (κ2) is 3.85. The Bertz CT molecular complexity index is 267. The summed E-state index contributed by atoms with van der Waals surface area (Å²) in [6.45, 7) is -0.586. The highest BCUT2D eigenvalue weighted by Crippen LogP contribution is 2.12. The molecule has 7 heteroatoms. The number of rotatable bonds is 3. The molecule has 2 unspecified atom stereocenters. The number of sulfone groups is 1. The van der Waals surface area contributed by atoms with E-state index in [1.165, 1.54) is 0 Å². The van der Waals surface area contributed by atoms with Gasteiger partial charge in [0.1, 0.15) is 0 Å². The molecule has 1 saturated heterocycles. The van der Waals surface area contributed by atoms with E-state index in [0.29, 0.717) is 0 Å². The Hall–Kier alpha value is -0.270. The lowest BCUT2D eigenvalue weighted by atomic mass is 10.2. The number of alkyl halides is 2. The highest BCUT2D eigenvalue weighted by Gasteiger charge is 2.36. The average molecular weight is 215 g/mol. The van der Waals surface area contributed by atoms with Crippen molar-refractivity contribution in [2.75, 3.05) is 18.1 Å².